The van der Waals surface area contributed by atoms with Crippen molar-refractivity contribution in [2.24, 2.45) is 5.41 Å². The molecule has 0 aromatic rings. The van der Waals surface area contributed by atoms with Gasteiger partial charge in [0.05, 0.1) is 19.1 Å². The SMILES string of the molecule is CC1(C)CCN(C(=O)CC2CNCCO2)C1.Cl. The van der Waals surface area contributed by atoms with Crippen LogP contribution in [0.2, 0.25) is 0 Å². The maximum Gasteiger partial charge on any atom is 0.225 e. The Balaban J connectivity index is 0.00000144. The molecule has 0 saturated carbocycles. The minimum Gasteiger partial charge on any atom is -0.375 e. The van der Waals surface area contributed by atoms with Crippen LogP contribution in [0.25, 0.3) is 0 Å². The van der Waals surface area contributed by atoms with Gasteiger partial charge in [-0.15, -0.1) is 12.4 Å². The van der Waals surface area contributed by atoms with Crippen molar-refractivity contribution in [2.75, 3.05) is 32.8 Å². The van der Waals surface area contributed by atoms with Crippen molar-refractivity contribution >= 4 is 18.3 Å². The van der Waals surface area contributed by atoms with Crippen molar-refractivity contribution < 1.29 is 9.53 Å². The highest BCUT2D eigenvalue weighted by Gasteiger charge is 2.32. The number of likely N-dealkylation sites (tertiary alicyclic amines) is 1. The average molecular weight is 263 g/mol. The van der Waals surface area contributed by atoms with Gasteiger partial charge in [0.25, 0.3) is 0 Å². The minimum absolute atomic E-state index is 0. The molecule has 5 heteroatoms. The summed E-state index contributed by atoms with van der Waals surface area (Å²) >= 11 is 0. The molecule has 2 rings (SSSR count). The van der Waals surface area contributed by atoms with Crippen molar-refractivity contribution in [3.05, 3.63) is 0 Å². The van der Waals surface area contributed by atoms with Gasteiger partial charge >= 0.3 is 0 Å². The highest BCUT2D eigenvalue weighted by molar-refractivity contribution is 5.85. The number of nitrogens with one attached hydrogen (secondary N) is 1. The van der Waals surface area contributed by atoms with E-state index in [9.17, 15) is 4.79 Å². The molecule has 100 valence electrons. The molecule has 0 aromatic heterocycles. The van der Waals surface area contributed by atoms with Gasteiger partial charge in [0.15, 0.2) is 0 Å². The van der Waals surface area contributed by atoms with E-state index in [0.717, 1.165) is 39.2 Å². The lowest BCUT2D eigenvalue weighted by Crippen LogP contribution is -2.42. The summed E-state index contributed by atoms with van der Waals surface area (Å²) in [7, 11) is 0. The van der Waals surface area contributed by atoms with E-state index in [1.165, 1.54) is 0 Å². The summed E-state index contributed by atoms with van der Waals surface area (Å²) in [6.07, 6.45) is 1.72. The largest absolute Gasteiger partial charge is 0.375 e. The Morgan fingerprint density at radius 1 is 1.53 bits per heavy atom. The fourth-order valence-corrected chi connectivity index (χ4v) is 2.40. The van der Waals surface area contributed by atoms with Crippen LogP contribution >= 0.6 is 12.4 Å². The van der Waals surface area contributed by atoms with Crippen LogP contribution in [0.1, 0.15) is 26.7 Å². The summed E-state index contributed by atoms with van der Waals surface area (Å²) in [4.78, 5) is 14.0. The molecule has 0 aliphatic carbocycles. The molecule has 17 heavy (non-hydrogen) atoms. The van der Waals surface area contributed by atoms with Crippen LogP contribution in [0, 0.1) is 5.41 Å². The van der Waals surface area contributed by atoms with E-state index in [1.54, 1.807) is 0 Å². The van der Waals surface area contributed by atoms with Gasteiger partial charge in [0.2, 0.25) is 5.91 Å². The first-order chi connectivity index (χ1) is 7.57. The van der Waals surface area contributed by atoms with Crippen LogP contribution in [-0.4, -0.2) is 49.7 Å². The van der Waals surface area contributed by atoms with E-state index >= 15 is 0 Å². The zero-order valence-electron chi connectivity index (χ0n) is 10.7. The summed E-state index contributed by atoms with van der Waals surface area (Å²) in [6, 6.07) is 0. The number of morpholine rings is 1. The third-order valence-electron chi connectivity index (χ3n) is 3.44. The molecule has 2 aliphatic heterocycles. The first kappa shape index (κ1) is 14.7. The van der Waals surface area contributed by atoms with Gasteiger partial charge in [0.1, 0.15) is 0 Å². The Kier molecular flexibility index (Phi) is 5.22. The minimum atomic E-state index is 0. The fraction of sp³-hybridized carbons (Fsp3) is 0.917. The lowest BCUT2D eigenvalue weighted by Gasteiger charge is -2.26. The Morgan fingerprint density at radius 2 is 2.29 bits per heavy atom. The quantitative estimate of drug-likeness (QED) is 0.809. The number of nitrogens with zero attached hydrogens (tertiary/aromatic N) is 1. The van der Waals surface area contributed by atoms with Gasteiger partial charge in [-0.2, -0.15) is 0 Å². The van der Waals surface area contributed by atoms with Crippen molar-refractivity contribution in [1.82, 2.24) is 10.2 Å². The molecule has 2 saturated heterocycles. The van der Waals surface area contributed by atoms with E-state index in [0.29, 0.717) is 11.8 Å². The number of rotatable bonds is 2. The summed E-state index contributed by atoms with van der Waals surface area (Å²) in [6.45, 7) is 8.68. The van der Waals surface area contributed by atoms with Crippen LogP contribution in [0.5, 0.6) is 0 Å². The number of amides is 1. The Bertz CT molecular complexity index is 265. The molecule has 2 fully saturated rings. The summed E-state index contributed by atoms with van der Waals surface area (Å²) < 4.78 is 5.55. The number of carbonyl (C=O) groups excluding carboxylic acids is 1. The Hall–Kier alpha value is -0.320. The maximum absolute atomic E-state index is 12.0. The first-order valence-electron chi connectivity index (χ1n) is 6.17. The smallest absolute Gasteiger partial charge is 0.225 e. The number of ether oxygens (including phenoxy) is 1. The monoisotopic (exact) mass is 262 g/mol. The third kappa shape index (κ3) is 4.12. The highest BCUT2D eigenvalue weighted by Crippen LogP contribution is 2.29. The van der Waals surface area contributed by atoms with E-state index in [-0.39, 0.29) is 24.4 Å². The van der Waals surface area contributed by atoms with E-state index in [2.05, 4.69) is 19.2 Å². The maximum atomic E-state index is 12.0. The standard InChI is InChI=1S/C12H22N2O2.ClH/c1-12(2)3-5-14(9-12)11(15)7-10-8-13-4-6-16-10;/h10,13H,3-9H2,1-2H3;1H. The second kappa shape index (κ2) is 6.03. The molecule has 2 heterocycles. The Morgan fingerprint density at radius 3 is 2.82 bits per heavy atom. The van der Waals surface area contributed by atoms with Gasteiger partial charge in [-0.1, -0.05) is 13.8 Å². The van der Waals surface area contributed by atoms with Crippen LogP contribution in [0.4, 0.5) is 0 Å². The Labute approximate surface area is 109 Å². The van der Waals surface area contributed by atoms with Crippen LogP contribution < -0.4 is 5.32 Å². The van der Waals surface area contributed by atoms with Crippen molar-refractivity contribution in [2.45, 2.75) is 32.8 Å². The van der Waals surface area contributed by atoms with E-state index in [4.69, 9.17) is 4.74 Å². The van der Waals surface area contributed by atoms with Crippen LogP contribution in [-0.2, 0) is 9.53 Å². The second-order valence-corrected chi connectivity index (χ2v) is 5.63. The lowest BCUT2D eigenvalue weighted by atomic mass is 9.93. The van der Waals surface area contributed by atoms with Crippen molar-refractivity contribution in [1.29, 1.82) is 0 Å². The normalized spacial score (nSPS) is 27.6. The number of hydrogen-bond donors (Lipinski definition) is 1. The topological polar surface area (TPSA) is 41.6 Å². The predicted octanol–water partition coefficient (Wildman–Crippen LogP) is 1.05. The molecule has 1 N–H and O–H groups in total. The fourth-order valence-electron chi connectivity index (χ4n) is 2.40. The summed E-state index contributed by atoms with van der Waals surface area (Å²) in [5, 5.41) is 3.25. The molecule has 4 nitrogen and oxygen atoms in total. The first-order valence-corrected chi connectivity index (χ1v) is 6.17. The lowest BCUT2D eigenvalue weighted by molar-refractivity contribution is -0.134. The van der Waals surface area contributed by atoms with Crippen LogP contribution in [0.15, 0.2) is 0 Å². The molecule has 1 amide bonds. The zero-order valence-corrected chi connectivity index (χ0v) is 11.5. The van der Waals surface area contributed by atoms with Gasteiger partial charge < -0.3 is 15.0 Å². The van der Waals surface area contributed by atoms with Gasteiger partial charge in [-0.3, -0.25) is 4.79 Å². The number of halogens is 1. The average Bonchev–Trinajstić information content (AvgIpc) is 2.60. The van der Waals surface area contributed by atoms with Gasteiger partial charge in [0, 0.05) is 26.2 Å². The predicted molar refractivity (Wildman–Crippen MR) is 69.5 cm³/mol. The van der Waals surface area contributed by atoms with Gasteiger partial charge in [-0.05, 0) is 11.8 Å². The van der Waals surface area contributed by atoms with Crippen LogP contribution in [0.3, 0.4) is 0 Å². The molecule has 0 radical (unpaired) electrons. The molecule has 2 aliphatic rings. The van der Waals surface area contributed by atoms with E-state index in [1.807, 2.05) is 4.90 Å². The van der Waals surface area contributed by atoms with Crippen molar-refractivity contribution in [3.63, 3.8) is 0 Å². The molecule has 1 unspecified atom stereocenters. The molecular formula is C12H23ClN2O2. The van der Waals surface area contributed by atoms with Gasteiger partial charge in [-0.25, -0.2) is 0 Å². The van der Waals surface area contributed by atoms with E-state index < -0.39 is 0 Å². The third-order valence-corrected chi connectivity index (χ3v) is 3.44. The molecular weight excluding hydrogens is 240 g/mol. The van der Waals surface area contributed by atoms with Crippen molar-refractivity contribution in [3.8, 4) is 0 Å². The molecule has 0 spiro atoms. The summed E-state index contributed by atoms with van der Waals surface area (Å²) in [5.41, 5.74) is 0.293. The molecule has 0 aromatic carbocycles. The highest BCUT2D eigenvalue weighted by atomic mass is 35.5. The molecule has 1 atom stereocenters. The number of carbonyl (C=O) groups is 1. The zero-order chi connectivity index (χ0) is 11.6. The second-order valence-electron chi connectivity index (χ2n) is 5.63. The number of hydrogen-bond acceptors (Lipinski definition) is 3. The molecule has 0 bridgehead atoms. The summed E-state index contributed by atoms with van der Waals surface area (Å²) in [5.74, 6) is 0.249.